The first-order valence-corrected chi connectivity index (χ1v) is 9.62. The van der Waals surface area contributed by atoms with E-state index < -0.39 is 27.8 Å². The third kappa shape index (κ3) is 4.17. The Morgan fingerprint density at radius 3 is 2.29 bits per heavy atom. The van der Waals surface area contributed by atoms with Crippen molar-refractivity contribution in [1.29, 1.82) is 0 Å². The molecule has 1 aliphatic rings. The van der Waals surface area contributed by atoms with E-state index in [-0.39, 0.29) is 10.6 Å². The number of ether oxygens (including phenoxy) is 3. The largest absolute Gasteiger partial charge is 0.465 e. The molecule has 0 atom stereocenters. The Labute approximate surface area is 161 Å². The van der Waals surface area contributed by atoms with Crippen molar-refractivity contribution < 1.29 is 32.2 Å². The Morgan fingerprint density at radius 1 is 1.00 bits per heavy atom. The first-order valence-electron chi connectivity index (χ1n) is 8.14. The molecule has 2 aromatic rings. The number of anilines is 1. The Hall–Kier alpha value is -3.27. The van der Waals surface area contributed by atoms with Crippen LogP contribution in [0.25, 0.3) is 0 Å². The molecule has 2 amide bonds. The summed E-state index contributed by atoms with van der Waals surface area (Å²) >= 11 is 0. The van der Waals surface area contributed by atoms with Crippen molar-refractivity contribution in [3.63, 3.8) is 0 Å². The number of urea groups is 1. The number of benzene rings is 2. The summed E-state index contributed by atoms with van der Waals surface area (Å²) < 4.78 is 42.4. The van der Waals surface area contributed by atoms with Gasteiger partial charge in [0.2, 0.25) is 5.79 Å². The monoisotopic (exact) mass is 406 g/mol. The Balaban J connectivity index is 1.69. The molecule has 9 nitrogen and oxygen atoms in total. The normalized spacial score (nSPS) is 14.2. The number of carbonyl (C=O) groups is 2. The number of fused-ring (bicyclic) bond motifs is 1. The van der Waals surface area contributed by atoms with E-state index in [1.807, 2.05) is 4.72 Å². The van der Waals surface area contributed by atoms with Crippen LogP contribution in [0.2, 0.25) is 0 Å². The molecule has 0 aliphatic carbocycles. The molecule has 0 radical (unpaired) electrons. The number of rotatable bonds is 4. The van der Waals surface area contributed by atoms with E-state index in [1.165, 1.54) is 49.6 Å². The molecule has 0 bridgehead atoms. The van der Waals surface area contributed by atoms with E-state index in [0.717, 1.165) is 0 Å². The van der Waals surface area contributed by atoms with Gasteiger partial charge in [0.1, 0.15) is 0 Å². The SMILES string of the molecule is COC(=O)c1ccc(NC(=O)NS(=O)(=O)c2ccc3c(c2)OC(C)(C)O3)cc1. The molecule has 0 unspecified atom stereocenters. The lowest BCUT2D eigenvalue weighted by Crippen LogP contribution is -2.34. The number of nitrogens with one attached hydrogen (secondary N) is 2. The zero-order valence-electron chi connectivity index (χ0n) is 15.3. The molecule has 0 aromatic heterocycles. The molecule has 0 spiro atoms. The van der Waals surface area contributed by atoms with Gasteiger partial charge in [-0.05, 0) is 36.4 Å². The highest BCUT2D eigenvalue weighted by atomic mass is 32.2. The second-order valence-corrected chi connectivity index (χ2v) is 8.02. The number of sulfonamides is 1. The molecule has 1 aliphatic heterocycles. The highest BCUT2D eigenvalue weighted by Crippen LogP contribution is 2.40. The number of esters is 1. The maximum absolute atomic E-state index is 12.4. The van der Waals surface area contributed by atoms with E-state index >= 15 is 0 Å². The van der Waals surface area contributed by atoms with Gasteiger partial charge in [0.05, 0.1) is 17.6 Å². The fraction of sp³-hybridized carbons (Fsp3) is 0.222. The third-order valence-electron chi connectivity index (χ3n) is 3.73. The minimum atomic E-state index is -4.14. The molecular weight excluding hydrogens is 388 g/mol. The first kappa shape index (κ1) is 19.5. The van der Waals surface area contributed by atoms with E-state index in [2.05, 4.69) is 10.1 Å². The van der Waals surface area contributed by atoms with Crippen LogP contribution in [0.3, 0.4) is 0 Å². The summed E-state index contributed by atoms with van der Waals surface area (Å²) in [5.41, 5.74) is 0.595. The summed E-state index contributed by atoms with van der Waals surface area (Å²) in [6.45, 7) is 3.39. The minimum absolute atomic E-state index is 0.149. The molecule has 0 saturated carbocycles. The zero-order valence-corrected chi connectivity index (χ0v) is 16.1. The molecule has 3 rings (SSSR count). The maximum atomic E-state index is 12.4. The number of methoxy groups -OCH3 is 1. The van der Waals surface area contributed by atoms with Crippen molar-refractivity contribution in [2.75, 3.05) is 12.4 Å². The van der Waals surface area contributed by atoms with Gasteiger partial charge >= 0.3 is 12.0 Å². The summed E-state index contributed by atoms with van der Waals surface area (Å²) in [5.74, 6) is -0.735. The second-order valence-electron chi connectivity index (χ2n) is 6.34. The molecule has 2 aromatic carbocycles. The highest BCUT2D eigenvalue weighted by Gasteiger charge is 2.33. The quantitative estimate of drug-likeness (QED) is 0.749. The van der Waals surface area contributed by atoms with Crippen LogP contribution in [-0.4, -0.2) is 33.3 Å². The predicted molar refractivity (Wildman–Crippen MR) is 98.9 cm³/mol. The van der Waals surface area contributed by atoms with Gasteiger partial charge in [-0.25, -0.2) is 22.7 Å². The van der Waals surface area contributed by atoms with Crippen LogP contribution >= 0.6 is 0 Å². The van der Waals surface area contributed by atoms with Crippen LogP contribution < -0.4 is 19.5 Å². The lowest BCUT2D eigenvalue weighted by atomic mass is 10.2. The Kier molecular flexibility index (Phi) is 4.90. The van der Waals surface area contributed by atoms with E-state index in [0.29, 0.717) is 17.0 Å². The molecule has 0 fully saturated rings. The van der Waals surface area contributed by atoms with Crippen LogP contribution in [0.1, 0.15) is 24.2 Å². The predicted octanol–water partition coefficient (Wildman–Crippen LogP) is 2.49. The molecule has 1 heterocycles. The fourth-order valence-electron chi connectivity index (χ4n) is 2.52. The van der Waals surface area contributed by atoms with Crippen molar-refractivity contribution in [1.82, 2.24) is 4.72 Å². The van der Waals surface area contributed by atoms with Crippen LogP contribution in [-0.2, 0) is 14.8 Å². The number of hydrogen-bond acceptors (Lipinski definition) is 7. The van der Waals surface area contributed by atoms with Gasteiger partial charge in [0.25, 0.3) is 10.0 Å². The second kappa shape index (κ2) is 7.04. The van der Waals surface area contributed by atoms with Crippen molar-refractivity contribution in [3.05, 3.63) is 48.0 Å². The van der Waals surface area contributed by atoms with Gasteiger partial charge in [0, 0.05) is 25.6 Å². The molecular formula is C18H18N2O7S. The molecule has 28 heavy (non-hydrogen) atoms. The standard InChI is InChI=1S/C18H18N2O7S/c1-18(2)26-14-9-8-13(10-15(14)27-18)28(23,24)20-17(22)19-12-6-4-11(5-7-12)16(21)25-3/h4-10H,1-3H3,(H2,19,20,22). The summed E-state index contributed by atoms with van der Waals surface area (Å²) in [7, 11) is -2.88. The van der Waals surface area contributed by atoms with Crippen molar-refractivity contribution in [2.24, 2.45) is 0 Å². The topological polar surface area (TPSA) is 120 Å². The van der Waals surface area contributed by atoms with Crippen LogP contribution in [0.5, 0.6) is 11.5 Å². The van der Waals surface area contributed by atoms with Crippen LogP contribution in [0.15, 0.2) is 47.4 Å². The molecule has 148 valence electrons. The number of carbonyl (C=O) groups excluding carboxylic acids is 2. The fourth-order valence-corrected chi connectivity index (χ4v) is 3.44. The van der Waals surface area contributed by atoms with E-state index in [1.54, 1.807) is 13.8 Å². The Bertz CT molecular complexity index is 1030. The lowest BCUT2D eigenvalue weighted by molar-refractivity contribution is -0.0432. The first-order chi connectivity index (χ1) is 13.1. The van der Waals surface area contributed by atoms with Gasteiger partial charge in [-0.15, -0.1) is 0 Å². The van der Waals surface area contributed by atoms with Gasteiger partial charge in [0.15, 0.2) is 11.5 Å². The van der Waals surface area contributed by atoms with Crippen LogP contribution in [0, 0.1) is 0 Å². The number of hydrogen-bond donors (Lipinski definition) is 2. The zero-order chi connectivity index (χ0) is 20.5. The number of amides is 2. The van der Waals surface area contributed by atoms with Crippen molar-refractivity contribution in [3.8, 4) is 11.5 Å². The summed E-state index contributed by atoms with van der Waals surface area (Å²) in [6.07, 6.45) is 0. The molecule has 0 saturated heterocycles. The van der Waals surface area contributed by atoms with Gasteiger partial charge in [-0.2, -0.15) is 0 Å². The highest BCUT2D eigenvalue weighted by molar-refractivity contribution is 7.90. The molecule has 10 heteroatoms. The van der Waals surface area contributed by atoms with Gasteiger partial charge in [-0.3, -0.25) is 0 Å². The summed E-state index contributed by atoms with van der Waals surface area (Å²) in [6, 6.07) is 8.87. The minimum Gasteiger partial charge on any atom is -0.465 e. The van der Waals surface area contributed by atoms with E-state index in [4.69, 9.17) is 9.47 Å². The van der Waals surface area contributed by atoms with Crippen LogP contribution in [0.4, 0.5) is 10.5 Å². The lowest BCUT2D eigenvalue weighted by Gasteiger charge is -2.16. The van der Waals surface area contributed by atoms with Crippen molar-refractivity contribution >= 4 is 27.7 Å². The summed E-state index contributed by atoms with van der Waals surface area (Å²) in [4.78, 5) is 23.3. The average molecular weight is 406 g/mol. The van der Waals surface area contributed by atoms with Gasteiger partial charge < -0.3 is 19.5 Å². The maximum Gasteiger partial charge on any atom is 0.337 e. The Morgan fingerprint density at radius 2 is 1.64 bits per heavy atom. The van der Waals surface area contributed by atoms with E-state index in [9.17, 15) is 18.0 Å². The van der Waals surface area contributed by atoms with Gasteiger partial charge in [-0.1, -0.05) is 0 Å². The summed E-state index contributed by atoms with van der Waals surface area (Å²) in [5, 5.41) is 2.38. The average Bonchev–Trinajstić information content (AvgIpc) is 2.94. The third-order valence-corrected chi connectivity index (χ3v) is 5.06. The molecule has 2 N–H and O–H groups in total. The van der Waals surface area contributed by atoms with Crippen molar-refractivity contribution in [2.45, 2.75) is 24.5 Å². The smallest absolute Gasteiger partial charge is 0.337 e.